The van der Waals surface area contributed by atoms with Crippen molar-refractivity contribution < 1.29 is 9.47 Å². The lowest BCUT2D eigenvalue weighted by Gasteiger charge is -2.50. The van der Waals surface area contributed by atoms with Crippen molar-refractivity contribution in [1.82, 2.24) is 0 Å². The number of hydrogen-bond donors (Lipinski definition) is 0. The summed E-state index contributed by atoms with van der Waals surface area (Å²) in [6, 6.07) is 9.82. The molecule has 0 amide bonds. The van der Waals surface area contributed by atoms with Crippen molar-refractivity contribution in [2.75, 3.05) is 13.2 Å². The second-order valence-corrected chi connectivity index (χ2v) is 5.61. The van der Waals surface area contributed by atoms with E-state index in [1.807, 2.05) is 30.3 Å². The van der Waals surface area contributed by atoms with Gasteiger partial charge in [0.25, 0.3) is 0 Å². The fourth-order valence-electron chi connectivity index (χ4n) is 2.34. The maximum atomic E-state index is 6.25. The second-order valence-electron chi connectivity index (χ2n) is 5.08. The van der Waals surface area contributed by atoms with Crippen molar-refractivity contribution in [2.45, 2.75) is 38.2 Å². The van der Waals surface area contributed by atoms with Crippen molar-refractivity contribution in [3.05, 3.63) is 30.3 Å². The Kier molecular flexibility index (Phi) is 4.52. The highest BCUT2D eigenvalue weighted by Crippen LogP contribution is 2.48. The molecule has 3 heteroatoms. The Balaban J connectivity index is 1.68. The van der Waals surface area contributed by atoms with Gasteiger partial charge >= 0.3 is 0 Å². The molecule has 1 aliphatic rings. The topological polar surface area (TPSA) is 18.5 Å². The Bertz CT molecular complexity index is 368. The third-order valence-electron chi connectivity index (χ3n) is 4.05. The van der Waals surface area contributed by atoms with Crippen LogP contribution in [0.15, 0.2) is 30.3 Å². The van der Waals surface area contributed by atoms with Crippen molar-refractivity contribution in [1.29, 1.82) is 0 Å². The smallest absolute Gasteiger partial charge is 0.119 e. The quantitative estimate of drug-likeness (QED) is 0.576. The van der Waals surface area contributed by atoms with Crippen LogP contribution in [0.2, 0.25) is 0 Å². The van der Waals surface area contributed by atoms with Crippen molar-refractivity contribution >= 4 is 11.6 Å². The molecule has 0 radical (unpaired) electrons. The van der Waals surface area contributed by atoms with Crippen LogP contribution in [0, 0.1) is 5.41 Å². The van der Waals surface area contributed by atoms with E-state index in [1.165, 1.54) is 0 Å². The Morgan fingerprint density at radius 1 is 1.28 bits per heavy atom. The van der Waals surface area contributed by atoms with Gasteiger partial charge < -0.3 is 9.47 Å². The molecule has 0 N–H and O–H groups in total. The van der Waals surface area contributed by atoms with E-state index in [-0.39, 0.29) is 16.9 Å². The number of hydrogen-bond acceptors (Lipinski definition) is 2. The maximum Gasteiger partial charge on any atom is 0.119 e. The molecular weight excluding hydrogens is 248 g/mol. The van der Waals surface area contributed by atoms with Crippen LogP contribution in [-0.2, 0) is 4.74 Å². The first-order chi connectivity index (χ1) is 8.66. The highest BCUT2D eigenvalue weighted by molar-refractivity contribution is 6.21. The lowest BCUT2D eigenvalue weighted by molar-refractivity contribution is -0.105. The van der Waals surface area contributed by atoms with Crippen molar-refractivity contribution in [3.8, 4) is 5.75 Å². The summed E-state index contributed by atoms with van der Waals surface area (Å²) in [4.78, 5) is 0. The molecule has 1 aromatic rings. The molecule has 0 spiro atoms. The van der Waals surface area contributed by atoms with Crippen LogP contribution in [0.1, 0.15) is 26.7 Å². The van der Waals surface area contributed by atoms with Gasteiger partial charge in [0.2, 0.25) is 0 Å². The van der Waals surface area contributed by atoms with Gasteiger partial charge in [-0.1, -0.05) is 32.0 Å². The van der Waals surface area contributed by atoms with E-state index in [1.54, 1.807) is 0 Å². The molecule has 0 saturated heterocycles. The van der Waals surface area contributed by atoms with Crippen LogP contribution in [0.5, 0.6) is 5.75 Å². The Morgan fingerprint density at radius 3 is 2.61 bits per heavy atom. The van der Waals surface area contributed by atoms with Crippen LogP contribution in [0.3, 0.4) is 0 Å². The lowest BCUT2D eigenvalue weighted by Crippen LogP contribution is -2.53. The molecule has 2 nitrogen and oxygen atoms in total. The molecule has 0 heterocycles. The Morgan fingerprint density at radius 2 is 2.00 bits per heavy atom. The molecule has 2 rings (SSSR count). The van der Waals surface area contributed by atoms with E-state index in [0.717, 1.165) is 18.6 Å². The highest BCUT2D eigenvalue weighted by Gasteiger charge is 2.50. The van der Waals surface area contributed by atoms with Gasteiger partial charge in [0.15, 0.2) is 0 Å². The molecule has 3 unspecified atom stereocenters. The first-order valence-electron chi connectivity index (χ1n) is 6.60. The monoisotopic (exact) mass is 268 g/mol. The van der Waals surface area contributed by atoms with E-state index in [2.05, 4.69) is 13.8 Å². The molecule has 0 aliphatic heterocycles. The molecular formula is C15H21ClO2. The largest absolute Gasteiger partial charge is 0.491 e. The Labute approximate surface area is 114 Å². The zero-order valence-electron chi connectivity index (χ0n) is 11.1. The van der Waals surface area contributed by atoms with Crippen LogP contribution >= 0.6 is 11.6 Å². The van der Waals surface area contributed by atoms with E-state index in [9.17, 15) is 0 Å². The van der Waals surface area contributed by atoms with Gasteiger partial charge in [0.05, 0.1) is 12.7 Å². The number of alkyl halides is 1. The van der Waals surface area contributed by atoms with Crippen molar-refractivity contribution in [2.24, 2.45) is 5.41 Å². The third kappa shape index (κ3) is 2.81. The summed E-state index contributed by atoms with van der Waals surface area (Å²) >= 11 is 6.25. The molecule has 1 aliphatic carbocycles. The minimum absolute atomic E-state index is 0.133. The molecule has 1 saturated carbocycles. The molecule has 18 heavy (non-hydrogen) atoms. The summed E-state index contributed by atoms with van der Waals surface area (Å²) in [6.07, 6.45) is 2.30. The third-order valence-corrected chi connectivity index (χ3v) is 4.72. The summed E-state index contributed by atoms with van der Waals surface area (Å²) in [5.74, 6) is 0.892. The predicted molar refractivity (Wildman–Crippen MR) is 74.3 cm³/mol. The molecule has 0 aromatic heterocycles. The van der Waals surface area contributed by atoms with E-state index >= 15 is 0 Å². The number of ether oxygens (including phenoxy) is 2. The Hall–Kier alpha value is -0.730. The van der Waals surface area contributed by atoms with Gasteiger partial charge in [0.1, 0.15) is 12.4 Å². The average molecular weight is 269 g/mol. The molecule has 1 fully saturated rings. The number of para-hydroxylation sites is 1. The SMILES string of the molecule is CCC1(C)C(Cl)CC1OCCOc1ccccc1. The van der Waals surface area contributed by atoms with Crippen LogP contribution in [-0.4, -0.2) is 24.7 Å². The predicted octanol–water partition coefficient (Wildman–Crippen LogP) is 3.88. The lowest BCUT2D eigenvalue weighted by atomic mass is 9.65. The first-order valence-corrected chi connectivity index (χ1v) is 7.04. The highest BCUT2D eigenvalue weighted by atomic mass is 35.5. The summed E-state index contributed by atoms with van der Waals surface area (Å²) < 4.78 is 11.5. The minimum atomic E-state index is 0.133. The minimum Gasteiger partial charge on any atom is -0.491 e. The number of benzene rings is 1. The standard InChI is InChI=1S/C15H21ClO2/c1-3-15(2)13(16)11-14(15)18-10-9-17-12-7-5-4-6-8-12/h4-8,13-14H,3,9-11H2,1-2H3. The fourth-order valence-corrected chi connectivity index (χ4v) is 2.80. The summed E-state index contributed by atoms with van der Waals surface area (Å²) in [6.45, 7) is 5.59. The van der Waals surface area contributed by atoms with E-state index in [0.29, 0.717) is 13.2 Å². The molecule has 100 valence electrons. The number of rotatable bonds is 6. The van der Waals surface area contributed by atoms with Gasteiger partial charge in [0, 0.05) is 10.8 Å². The summed E-state index contributed by atoms with van der Waals surface area (Å²) in [5.41, 5.74) is 0.133. The van der Waals surface area contributed by atoms with Gasteiger partial charge in [-0.3, -0.25) is 0 Å². The zero-order valence-corrected chi connectivity index (χ0v) is 11.8. The van der Waals surface area contributed by atoms with Crippen molar-refractivity contribution in [3.63, 3.8) is 0 Å². The van der Waals surface area contributed by atoms with Crippen LogP contribution in [0.4, 0.5) is 0 Å². The molecule has 1 aromatic carbocycles. The van der Waals surface area contributed by atoms with Gasteiger partial charge in [-0.25, -0.2) is 0 Å². The van der Waals surface area contributed by atoms with E-state index in [4.69, 9.17) is 21.1 Å². The normalized spacial score (nSPS) is 30.8. The zero-order chi connectivity index (χ0) is 13.0. The summed E-state index contributed by atoms with van der Waals surface area (Å²) in [5, 5.41) is 0.252. The van der Waals surface area contributed by atoms with Gasteiger partial charge in [-0.05, 0) is 25.0 Å². The summed E-state index contributed by atoms with van der Waals surface area (Å²) in [7, 11) is 0. The molecule has 0 bridgehead atoms. The first kappa shape index (κ1) is 13.7. The second kappa shape index (κ2) is 5.94. The average Bonchev–Trinajstić information content (AvgIpc) is 2.42. The fraction of sp³-hybridized carbons (Fsp3) is 0.600. The van der Waals surface area contributed by atoms with Crippen LogP contribution in [0.25, 0.3) is 0 Å². The van der Waals surface area contributed by atoms with Crippen LogP contribution < -0.4 is 4.74 Å². The van der Waals surface area contributed by atoms with E-state index < -0.39 is 0 Å². The molecule has 3 atom stereocenters. The van der Waals surface area contributed by atoms with Gasteiger partial charge in [-0.2, -0.15) is 0 Å². The number of halogens is 1. The van der Waals surface area contributed by atoms with Gasteiger partial charge in [-0.15, -0.1) is 11.6 Å². The maximum absolute atomic E-state index is 6.25.